The number of methoxy groups -OCH3 is 1. The fourth-order valence-corrected chi connectivity index (χ4v) is 0.842. The van der Waals surface area contributed by atoms with Crippen LogP contribution in [-0.4, -0.2) is 36.6 Å². The van der Waals surface area contributed by atoms with E-state index in [2.05, 4.69) is 4.74 Å². The molecule has 0 aromatic heterocycles. The summed E-state index contributed by atoms with van der Waals surface area (Å²) in [7, 11) is 2.86. The molecule has 5 nitrogen and oxygen atoms in total. The standard InChI is InChI=1S/C8H16N2O3/c1-8(2,5-6(11)13-4)10(3)7(9)12/h5H2,1-4H3,(H2,9,12). The van der Waals surface area contributed by atoms with Gasteiger partial charge in [-0.3, -0.25) is 4.79 Å². The molecule has 0 aromatic rings. The first-order valence-electron chi connectivity index (χ1n) is 3.91. The van der Waals surface area contributed by atoms with Gasteiger partial charge in [0.1, 0.15) is 0 Å². The summed E-state index contributed by atoms with van der Waals surface area (Å²) in [6.07, 6.45) is 0.128. The highest BCUT2D eigenvalue weighted by molar-refractivity contribution is 5.75. The largest absolute Gasteiger partial charge is 0.469 e. The number of carbonyl (C=O) groups is 2. The van der Waals surface area contributed by atoms with Gasteiger partial charge in [0, 0.05) is 12.6 Å². The molecule has 2 amide bonds. The predicted molar refractivity (Wildman–Crippen MR) is 48.1 cm³/mol. The number of primary amides is 1. The SMILES string of the molecule is COC(=O)CC(C)(C)N(C)C(N)=O. The summed E-state index contributed by atoms with van der Waals surface area (Å²) in [6, 6.07) is -0.561. The van der Waals surface area contributed by atoms with E-state index in [0.29, 0.717) is 0 Å². The molecule has 0 rings (SSSR count). The van der Waals surface area contributed by atoms with Crippen LogP contribution in [0.3, 0.4) is 0 Å². The Kier molecular flexibility index (Phi) is 3.71. The van der Waals surface area contributed by atoms with Crippen molar-refractivity contribution in [1.29, 1.82) is 0 Å². The Morgan fingerprint density at radius 3 is 2.23 bits per heavy atom. The van der Waals surface area contributed by atoms with E-state index in [1.54, 1.807) is 20.9 Å². The summed E-state index contributed by atoms with van der Waals surface area (Å²) in [5, 5.41) is 0. The van der Waals surface area contributed by atoms with Gasteiger partial charge in [-0.25, -0.2) is 4.79 Å². The van der Waals surface area contributed by atoms with E-state index in [1.807, 2.05) is 0 Å². The lowest BCUT2D eigenvalue weighted by molar-refractivity contribution is -0.142. The second-order valence-electron chi connectivity index (χ2n) is 3.46. The van der Waals surface area contributed by atoms with E-state index in [-0.39, 0.29) is 12.4 Å². The van der Waals surface area contributed by atoms with Crippen LogP contribution < -0.4 is 5.73 Å². The van der Waals surface area contributed by atoms with Crippen LogP contribution in [0.15, 0.2) is 0 Å². The van der Waals surface area contributed by atoms with Gasteiger partial charge in [0.25, 0.3) is 0 Å². The molecule has 13 heavy (non-hydrogen) atoms. The van der Waals surface area contributed by atoms with Crippen LogP contribution in [0.1, 0.15) is 20.3 Å². The first-order valence-corrected chi connectivity index (χ1v) is 3.91. The predicted octanol–water partition coefficient (Wildman–Crippen LogP) is 0.339. The number of nitrogens with two attached hydrogens (primary N) is 1. The van der Waals surface area contributed by atoms with Crippen molar-refractivity contribution >= 4 is 12.0 Å². The molecule has 76 valence electrons. The van der Waals surface area contributed by atoms with E-state index < -0.39 is 11.6 Å². The van der Waals surface area contributed by atoms with E-state index >= 15 is 0 Å². The molecule has 2 N–H and O–H groups in total. The monoisotopic (exact) mass is 188 g/mol. The molecule has 0 saturated carbocycles. The molecule has 0 radical (unpaired) electrons. The van der Waals surface area contributed by atoms with Gasteiger partial charge in [-0.05, 0) is 13.8 Å². The molecular formula is C8H16N2O3. The number of hydrogen-bond acceptors (Lipinski definition) is 3. The number of esters is 1. The number of nitrogens with zero attached hydrogens (tertiary/aromatic N) is 1. The van der Waals surface area contributed by atoms with Crippen LogP contribution in [0.2, 0.25) is 0 Å². The number of ether oxygens (including phenoxy) is 1. The molecule has 0 heterocycles. The Bertz CT molecular complexity index is 213. The minimum atomic E-state index is -0.612. The molecule has 0 bridgehead atoms. The second kappa shape index (κ2) is 4.11. The fourth-order valence-electron chi connectivity index (χ4n) is 0.842. The maximum atomic E-state index is 11.0. The quantitative estimate of drug-likeness (QED) is 0.649. The van der Waals surface area contributed by atoms with Crippen molar-refractivity contribution in [3.05, 3.63) is 0 Å². The average Bonchev–Trinajstić information content (AvgIpc) is 2.01. The maximum absolute atomic E-state index is 11.0. The summed E-state index contributed by atoms with van der Waals surface area (Å²) < 4.78 is 4.50. The van der Waals surface area contributed by atoms with Crippen LogP contribution in [0.5, 0.6) is 0 Å². The Hall–Kier alpha value is -1.26. The van der Waals surface area contributed by atoms with Crippen molar-refractivity contribution in [2.45, 2.75) is 25.8 Å². The van der Waals surface area contributed by atoms with Crippen LogP contribution in [0, 0.1) is 0 Å². The zero-order chi connectivity index (χ0) is 10.6. The fraction of sp³-hybridized carbons (Fsp3) is 0.750. The summed E-state index contributed by atoms with van der Waals surface area (Å²) in [4.78, 5) is 23.1. The van der Waals surface area contributed by atoms with E-state index in [1.165, 1.54) is 12.0 Å². The number of hydrogen-bond donors (Lipinski definition) is 1. The molecule has 0 atom stereocenters. The Morgan fingerprint density at radius 2 is 1.92 bits per heavy atom. The molecule has 0 fully saturated rings. The Labute approximate surface area is 77.8 Å². The van der Waals surface area contributed by atoms with Gasteiger partial charge in [-0.1, -0.05) is 0 Å². The van der Waals surface area contributed by atoms with Gasteiger partial charge >= 0.3 is 12.0 Å². The molecule has 0 aliphatic heterocycles. The molecular weight excluding hydrogens is 172 g/mol. The third-order valence-electron chi connectivity index (χ3n) is 2.04. The molecule has 0 spiro atoms. The topological polar surface area (TPSA) is 72.6 Å². The molecule has 0 saturated heterocycles. The molecule has 0 aromatic carbocycles. The van der Waals surface area contributed by atoms with Crippen molar-refractivity contribution in [1.82, 2.24) is 4.90 Å². The first-order chi connectivity index (χ1) is 5.81. The summed E-state index contributed by atoms with van der Waals surface area (Å²) in [5.74, 6) is -0.363. The minimum absolute atomic E-state index is 0.128. The lowest BCUT2D eigenvalue weighted by Gasteiger charge is -2.33. The van der Waals surface area contributed by atoms with Crippen molar-refractivity contribution in [2.24, 2.45) is 5.73 Å². The van der Waals surface area contributed by atoms with Gasteiger partial charge < -0.3 is 15.4 Å². The van der Waals surface area contributed by atoms with Gasteiger partial charge in [-0.15, -0.1) is 0 Å². The van der Waals surface area contributed by atoms with E-state index in [0.717, 1.165) is 0 Å². The molecule has 0 aliphatic carbocycles. The third-order valence-corrected chi connectivity index (χ3v) is 2.04. The third kappa shape index (κ3) is 3.31. The molecule has 0 aliphatic rings. The van der Waals surface area contributed by atoms with Crippen molar-refractivity contribution < 1.29 is 14.3 Å². The van der Waals surface area contributed by atoms with Gasteiger partial charge in [0.05, 0.1) is 13.5 Å². The number of amides is 2. The summed E-state index contributed by atoms with van der Waals surface area (Å²) in [5.41, 5.74) is 4.46. The van der Waals surface area contributed by atoms with E-state index in [4.69, 9.17) is 5.73 Å². The molecule has 5 heteroatoms. The van der Waals surface area contributed by atoms with Crippen LogP contribution >= 0.6 is 0 Å². The second-order valence-corrected chi connectivity index (χ2v) is 3.46. The van der Waals surface area contributed by atoms with Crippen molar-refractivity contribution in [3.63, 3.8) is 0 Å². The van der Waals surface area contributed by atoms with Crippen LogP contribution in [0.25, 0.3) is 0 Å². The number of rotatable bonds is 3. The van der Waals surface area contributed by atoms with Crippen LogP contribution in [0.4, 0.5) is 4.79 Å². The van der Waals surface area contributed by atoms with Gasteiger partial charge in [0.2, 0.25) is 0 Å². The highest BCUT2D eigenvalue weighted by atomic mass is 16.5. The maximum Gasteiger partial charge on any atom is 0.314 e. The zero-order valence-electron chi connectivity index (χ0n) is 8.46. The lowest BCUT2D eigenvalue weighted by atomic mass is 9.99. The van der Waals surface area contributed by atoms with Gasteiger partial charge in [-0.2, -0.15) is 0 Å². The van der Waals surface area contributed by atoms with Gasteiger partial charge in [0.15, 0.2) is 0 Å². The average molecular weight is 188 g/mol. The summed E-state index contributed by atoms with van der Waals surface area (Å²) >= 11 is 0. The highest BCUT2D eigenvalue weighted by Gasteiger charge is 2.29. The zero-order valence-corrected chi connectivity index (χ0v) is 8.46. The lowest BCUT2D eigenvalue weighted by Crippen LogP contribution is -2.48. The first kappa shape index (κ1) is 11.7. The highest BCUT2D eigenvalue weighted by Crippen LogP contribution is 2.16. The van der Waals surface area contributed by atoms with E-state index in [9.17, 15) is 9.59 Å². The van der Waals surface area contributed by atoms with Crippen molar-refractivity contribution in [2.75, 3.05) is 14.2 Å². The number of carbonyl (C=O) groups excluding carboxylic acids is 2. The smallest absolute Gasteiger partial charge is 0.314 e. The van der Waals surface area contributed by atoms with Crippen molar-refractivity contribution in [3.8, 4) is 0 Å². The normalized spacial score (nSPS) is 10.8. The summed E-state index contributed by atoms with van der Waals surface area (Å²) in [6.45, 7) is 3.49. The Morgan fingerprint density at radius 1 is 1.46 bits per heavy atom. The Balaban J connectivity index is 4.38. The van der Waals surface area contributed by atoms with Crippen LogP contribution in [-0.2, 0) is 9.53 Å². The minimum Gasteiger partial charge on any atom is -0.469 e. The molecule has 0 unspecified atom stereocenters. The number of urea groups is 1.